The van der Waals surface area contributed by atoms with Gasteiger partial charge >= 0.3 is 0 Å². The molecule has 8 heteroatoms. The van der Waals surface area contributed by atoms with E-state index in [1.807, 2.05) is 6.07 Å². The number of ether oxygens (including phenoxy) is 3. The second-order valence-electron chi connectivity index (χ2n) is 10.4. The normalized spacial score (nSPS) is 23.3. The number of anilines is 1. The van der Waals surface area contributed by atoms with Gasteiger partial charge in [-0.05, 0) is 61.9 Å². The number of hydrogen-bond donors (Lipinski definition) is 1. The second-order valence-corrected chi connectivity index (χ2v) is 10.4. The van der Waals surface area contributed by atoms with Crippen molar-refractivity contribution in [2.24, 2.45) is 11.8 Å². The van der Waals surface area contributed by atoms with Gasteiger partial charge in [0, 0.05) is 45.5 Å². The summed E-state index contributed by atoms with van der Waals surface area (Å²) in [5, 5.41) is 2.90. The molecule has 1 fully saturated rings. The van der Waals surface area contributed by atoms with Crippen molar-refractivity contribution in [2.45, 2.75) is 38.8 Å². The zero-order chi connectivity index (χ0) is 26.5. The first-order chi connectivity index (χ1) is 17.8. The topological polar surface area (TPSA) is 80.3 Å². The summed E-state index contributed by atoms with van der Waals surface area (Å²) in [6.45, 7) is 7.24. The molecule has 2 aliphatic rings. The van der Waals surface area contributed by atoms with Crippen LogP contribution < -0.4 is 14.8 Å². The summed E-state index contributed by atoms with van der Waals surface area (Å²) in [7, 11) is 5.02. The van der Waals surface area contributed by atoms with Crippen molar-refractivity contribution < 1.29 is 23.8 Å². The van der Waals surface area contributed by atoms with Crippen LogP contribution in [0.2, 0.25) is 0 Å². The van der Waals surface area contributed by atoms with Crippen LogP contribution in [0.15, 0.2) is 42.5 Å². The van der Waals surface area contributed by atoms with Crippen molar-refractivity contribution >= 4 is 17.5 Å². The number of nitrogens with one attached hydrogen (secondary N) is 1. The van der Waals surface area contributed by atoms with Gasteiger partial charge in [-0.3, -0.25) is 14.5 Å². The van der Waals surface area contributed by atoms with Gasteiger partial charge in [0.25, 0.3) is 11.8 Å². The van der Waals surface area contributed by atoms with Gasteiger partial charge in [0.05, 0.1) is 24.3 Å². The largest absolute Gasteiger partial charge is 0.496 e. The third-order valence-electron chi connectivity index (χ3n) is 7.37. The summed E-state index contributed by atoms with van der Waals surface area (Å²) in [4.78, 5) is 30.7. The molecule has 1 saturated carbocycles. The highest BCUT2D eigenvalue weighted by molar-refractivity contribution is 6.07. The van der Waals surface area contributed by atoms with Crippen molar-refractivity contribution in [3.05, 3.63) is 53.6 Å². The summed E-state index contributed by atoms with van der Waals surface area (Å²) in [6, 6.07) is 12.4. The molecule has 37 heavy (non-hydrogen) atoms. The van der Waals surface area contributed by atoms with Crippen LogP contribution in [0, 0.1) is 11.8 Å². The van der Waals surface area contributed by atoms with Crippen molar-refractivity contribution in [3.8, 4) is 11.5 Å². The molecule has 0 radical (unpaired) electrons. The Labute approximate surface area is 219 Å². The smallest absolute Gasteiger partial charge is 0.259 e. The monoisotopic (exact) mass is 509 g/mol. The number of benzene rings is 2. The van der Waals surface area contributed by atoms with Crippen molar-refractivity contribution in [1.82, 2.24) is 9.80 Å². The minimum atomic E-state index is -0.315. The number of nitrogens with zero attached hydrogens (tertiary/aromatic N) is 2. The van der Waals surface area contributed by atoms with Crippen LogP contribution in [0.4, 0.5) is 5.69 Å². The lowest BCUT2D eigenvalue weighted by Crippen LogP contribution is -2.47. The van der Waals surface area contributed by atoms with E-state index in [2.05, 4.69) is 24.1 Å². The first-order valence-electron chi connectivity index (χ1n) is 13.0. The number of methoxy groups -OCH3 is 2. The van der Waals surface area contributed by atoms with Crippen LogP contribution in [0.5, 0.6) is 11.5 Å². The maximum Gasteiger partial charge on any atom is 0.259 e. The number of likely N-dealkylation sites (N-methyl/N-ethyl adjacent to an activating group) is 1. The number of amides is 2. The SMILES string of the molecule is COc1ccccc1C(=O)Nc1ccc2c(c1)C(=O)N(C)C[C@H](OC)[C@H](C)CN(CC1CC1)[C@H](C)CO2. The molecule has 0 saturated heterocycles. The Balaban J connectivity index is 1.61. The van der Waals surface area contributed by atoms with Crippen molar-refractivity contribution in [1.29, 1.82) is 0 Å². The fourth-order valence-electron chi connectivity index (χ4n) is 4.85. The Morgan fingerprint density at radius 1 is 1.11 bits per heavy atom. The maximum atomic E-state index is 13.6. The molecule has 1 N–H and O–H groups in total. The first-order valence-corrected chi connectivity index (χ1v) is 13.0. The molecule has 1 aliphatic carbocycles. The number of rotatable bonds is 6. The second kappa shape index (κ2) is 12.0. The average Bonchev–Trinajstić information content (AvgIpc) is 3.73. The van der Waals surface area contributed by atoms with E-state index in [-0.39, 0.29) is 29.9 Å². The molecule has 0 aromatic heterocycles. The highest BCUT2D eigenvalue weighted by atomic mass is 16.5. The third kappa shape index (κ3) is 6.62. The van der Waals surface area contributed by atoms with Crippen LogP contribution in [0.25, 0.3) is 0 Å². The van der Waals surface area contributed by atoms with E-state index in [1.165, 1.54) is 20.0 Å². The number of hydrogen-bond acceptors (Lipinski definition) is 6. The molecular formula is C29H39N3O5. The fourth-order valence-corrected chi connectivity index (χ4v) is 4.85. The quantitative estimate of drug-likeness (QED) is 0.630. The Morgan fingerprint density at radius 2 is 1.86 bits per heavy atom. The van der Waals surface area contributed by atoms with Crippen LogP contribution >= 0.6 is 0 Å². The molecule has 2 aromatic rings. The van der Waals surface area contributed by atoms with E-state index >= 15 is 0 Å². The van der Waals surface area contributed by atoms with Crippen LogP contribution in [0.1, 0.15) is 47.4 Å². The first kappa shape index (κ1) is 26.9. The zero-order valence-electron chi connectivity index (χ0n) is 22.5. The lowest BCUT2D eigenvalue weighted by Gasteiger charge is -2.36. The molecule has 1 aliphatic heterocycles. The Morgan fingerprint density at radius 3 is 2.57 bits per heavy atom. The lowest BCUT2D eigenvalue weighted by molar-refractivity contribution is 0.00994. The van der Waals surface area contributed by atoms with Gasteiger partial charge in [-0.2, -0.15) is 0 Å². The van der Waals surface area contributed by atoms with Gasteiger partial charge < -0.3 is 24.4 Å². The van der Waals surface area contributed by atoms with Crippen LogP contribution in [-0.4, -0.2) is 81.3 Å². The summed E-state index contributed by atoms with van der Waals surface area (Å²) < 4.78 is 17.4. The van der Waals surface area contributed by atoms with Crippen molar-refractivity contribution in [3.63, 3.8) is 0 Å². The van der Waals surface area contributed by atoms with E-state index in [9.17, 15) is 9.59 Å². The lowest BCUT2D eigenvalue weighted by atomic mass is 10.0. The molecule has 1 heterocycles. The molecule has 0 bridgehead atoms. The van der Waals surface area contributed by atoms with E-state index in [0.29, 0.717) is 41.5 Å². The van der Waals surface area contributed by atoms with Gasteiger partial charge in [-0.15, -0.1) is 0 Å². The molecule has 200 valence electrons. The zero-order valence-corrected chi connectivity index (χ0v) is 22.5. The molecule has 0 spiro atoms. The summed E-state index contributed by atoms with van der Waals surface area (Å²) >= 11 is 0. The van der Waals surface area contributed by atoms with E-state index in [4.69, 9.17) is 14.2 Å². The Hall–Kier alpha value is -3.10. The molecule has 3 atom stereocenters. The van der Waals surface area contributed by atoms with Gasteiger partial charge in [-0.1, -0.05) is 19.1 Å². The number of carbonyl (C=O) groups excluding carboxylic acids is 2. The highest BCUT2D eigenvalue weighted by Gasteiger charge is 2.31. The van der Waals surface area contributed by atoms with Crippen molar-refractivity contribution in [2.75, 3.05) is 52.8 Å². The van der Waals surface area contributed by atoms with Gasteiger partial charge in [0.1, 0.15) is 18.1 Å². The number of para-hydroxylation sites is 1. The van der Waals surface area contributed by atoms with E-state index in [0.717, 1.165) is 19.0 Å². The van der Waals surface area contributed by atoms with E-state index < -0.39 is 0 Å². The summed E-state index contributed by atoms with van der Waals surface area (Å²) in [5.41, 5.74) is 1.33. The summed E-state index contributed by atoms with van der Waals surface area (Å²) in [6.07, 6.45) is 2.48. The molecule has 0 unspecified atom stereocenters. The Bertz CT molecular complexity index is 1100. The molecule has 8 nitrogen and oxygen atoms in total. The van der Waals surface area contributed by atoms with Crippen LogP contribution in [-0.2, 0) is 4.74 Å². The minimum absolute atomic E-state index is 0.0971. The van der Waals surface area contributed by atoms with Gasteiger partial charge in [0.15, 0.2) is 0 Å². The van der Waals surface area contributed by atoms with Gasteiger partial charge in [-0.25, -0.2) is 0 Å². The molecule has 2 aromatic carbocycles. The average molecular weight is 510 g/mol. The number of fused-ring (bicyclic) bond motifs is 1. The Kier molecular flexibility index (Phi) is 8.71. The maximum absolute atomic E-state index is 13.6. The van der Waals surface area contributed by atoms with E-state index in [1.54, 1.807) is 55.5 Å². The summed E-state index contributed by atoms with van der Waals surface area (Å²) in [5.74, 6) is 1.50. The third-order valence-corrected chi connectivity index (χ3v) is 7.37. The standard InChI is InChI=1S/C29H39N3O5/c1-19-15-32(16-21-10-11-21)20(2)18-37-26-13-12-22(14-24(26)29(34)31(3)17-27(19)36-5)30-28(33)23-8-6-7-9-25(23)35-4/h6-9,12-14,19-21,27H,10-11,15-18H2,1-5H3,(H,30,33)/t19-,20-,27+/m1/s1. The van der Waals surface area contributed by atoms with Crippen LogP contribution in [0.3, 0.4) is 0 Å². The fraction of sp³-hybridized carbons (Fsp3) is 0.517. The predicted octanol–water partition coefficient (Wildman–Crippen LogP) is 4.16. The van der Waals surface area contributed by atoms with Gasteiger partial charge in [0.2, 0.25) is 0 Å². The highest BCUT2D eigenvalue weighted by Crippen LogP contribution is 2.32. The molecular weight excluding hydrogens is 470 g/mol. The predicted molar refractivity (Wildman–Crippen MR) is 144 cm³/mol. The molecule has 4 rings (SSSR count). The molecule has 2 amide bonds. The number of carbonyl (C=O) groups is 2. The minimum Gasteiger partial charge on any atom is -0.496 e.